The molecule has 4 aliphatic heterocycles. The van der Waals surface area contributed by atoms with E-state index < -0.39 is 0 Å². The number of carbonyl (C=O) groups is 1. The second kappa shape index (κ2) is 16.9. The lowest BCUT2D eigenvalue weighted by Crippen LogP contribution is -2.42. The lowest BCUT2D eigenvalue weighted by Gasteiger charge is -2.38. The Morgan fingerprint density at radius 2 is 2.00 bits per heavy atom. The fourth-order valence-electron chi connectivity index (χ4n) is 6.15. The predicted molar refractivity (Wildman–Crippen MR) is 177 cm³/mol. The Morgan fingerprint density at radius 1 is 1.21 bits per heavy atom. The zero-order chi connectivity index (χ0) is 30.4. The van der Waals surface area contributed by atoms with Gasteiger partial charge in [0.05, 0.1) is 24.1 Å². The standard InChI is InChI=1S/C24H36N4O2.C10H13N3/c1-19-6-8-23(9-7-19)28(25-3)24(26-18-29)17-20(2)21-10-13-27(14-11-21)22-5-4-15-30-16-12-22;1-2-4-9-7-12-13-6-3-5-11-10(9)8-13/h6-9,17-18,20-22H,3-5,10-16H2,1-2H3,(H,26,29);3,5-7H,2,4,8H2,1H3/b24-17-;. The van der Waals surface area contributed by atoms with Crippen LogP contribution < -0.4 is 10.3 Å². The van der Waals surface area contributed by atoms with Crippen LogP contribution in [0.2, 0.25) is 0 Å². The number of likely N-dealkylation sites (tertiary alicyclic amines) is 1. The quantitative estimate of drug-likeness (QED) is 0.211. The van der Waals surface area contributed by atoms with Gasteiger partial charge in [0.2, 0.25) is 6.41 Å². The Bertz CT molecular complexity index is 1190. The number of hydrogen-bond acceptors (Lipinski definition) is 8. The van der Waals surface area contributed by atoms with E-state index in [1.165, 1.54) is 36.8 Å². The monoisotopic (exact) mass is 587 g/mol. The highest BCUT2D eigenvalue weighted by Gasteiger charge is 2.28. The molecular weight excluding hydrogens is 538 g/mol. The van der Waals surface area contributed by atoms with Crippen LogP contribution in [0.15, 0.2) is 74.9 Å². The second-order valence-electron chi connectivity index (χ2n) is 11.7. The van der Waals surface area contributed by atoms with Crippen molar-refractivity contribution in [2.24, 2.45) is 27.0 Å². The number of aryl methyl sites for hydroxylation is 1. The van der Waals surface area contributed by atoms with Gasteiger partial charge in [-0.1, -0.05) is 38.0 Å². The number of rotatable bonds is 10. The van der Waals surface area contributed by atoms with Crippen molar-refractivity contribution in [2.45, 2.75) is 71.8 Å². The molecule has 4 aliphatic rings. The Kier molecular flexibility index (Phi) is 12.7. The summed E-state index contributed by atoms with van der Waals surface area (Å²) < 4.78 is 5.63. The average Bonchev–Trinajstić information content (AvgIpc) is 3.42. The summed E-state index contributed by atoms with van der Waals surface area (Å²) in [4.78, 5) is 18.3. The van der Waals surface area contributed by atoms with Crippen molar-refractivity contribution in [3.05, 3.63) is 65.3 Å². The first-order valence-electron chi connectivity index (χ1n) is 15.8. The van der Waals surface area contributed by atoms with Crippen molar-refractivity contribution < 1.29 is 9.53 Å². The van der Waals surface area contributed by atoms with Crippen molar-refractivity contribution in [1.29, 1.82) is 0 Å². The van der Waals surface area contributed by atoms with E-state index in [-0.39, 0.29) is 0 Å². The molecule has 0 saturated carbocycles. The third kappa shape index (κ3) is 9.46. The van der Waals surface area contributed by atoms with E-state index in [9.17, 15) is 4.79 Å². The normalized spacial score (nSPS) is 21.8. The van der Waals surface area contributed by atoms with Crippen molar-refractivity contribution in [3.8, 4) is 0 Å². The molecule has 1 amide bonds. The van der Waals surface area contributed by atoms with Gasteiger partial charge in [-0.2, -0.15) is 10.2 Å². The van der Waals surface area contributed by atoms with Crippen molar-refractivity contribution >= 4 is 31.2 Å². The fraction of sp³-hybridized carbons (Fsp3) is 0.529. The van der Waals surface area contributed by atoms with Gasteiger partial charge in [0, 0.05) is 38.4 Å². The molecule has 9 heteroatoms. The summed E-state index contributed by atoms with van der Waals surface area (Å²) >= 11 is 0. The number of piperidine rings is 1. The zero-order valence-corrected chi connectivity index (χ0v) is 26.2. The predicted octanol–water partition coefficient (Wildman–Crippen LogP) is 5.86. The van der Waals surface area contributed by atoms with Crippen molar-refractivity contribution in [1.82, 2.24) is 15.2 Å². The third-order valence-electron chi connectivity index (χ3n) is 8.67. The number of hydrogen-bond donors (Lipinski definition) is 1. The van der Waals surface area contributed by atoms with Gasteiger partial charge in [0.15, 0.2) is 0 Å². The first-order valence-corrected chi connectivity index (χ1v) is 15.8. The Labute approximate surface area is 257 Å². The summed E-state index contributed by atoms with van der Waals surface area (Å²) in [6.45, 7) is 15.1. The molecule has 0 spiro atoms. The lowest BCUT2D eigenvalue weighted by molar-refractivity contribution is -0.109. The number of amides is 1. The molecule has 1 aromatic carbocycles. The number of anilines is 1. The van der Waals surface area contributed by atoms with E-state index in [1.54, 1.807) is 5.01 Å². The molecule has 2 fully saturated rings. The number of ether oxygens (including phenoxy) is 1. The van der Waals surface area contributed by atoms with Crippen LogP contribution in [-0.2, 0) is 9.53 Å². The Morgan fingerprint density at radius 3 is 2.72 bits per heavy atom. The molecule has 0 radical (unpaired) electrons. The largest absolute Gasteiger partial charge is 0.381 e. The van der Waals surface area contributed by atoms with Crippen LogP contribution in [0, 0.1) is 18.8 Å². The molecule has 2 unspecified atom stereocenters. The maximum atomic E-state index is 11.3. The lowest BCUT2D eigenvalue weighted by atomic mass is 9.84. The van der Waals surface area contributed by atoms with Crippen LogP contribution in [0.25, 0.3) is 0 Å². The molecule has 4 heterocycles. The number of hydrazone groups is 2. The summed E-state index contributed by atoms with van der Waals surface area (Å²) in [6, 6.07) is 8.72. The number of benzene rings is 1. The molecule has 2 bridgehead atoms. The molecule has 2 saturated heterocycles. The van der Waals surface area contributed by atoms with Gasteiger partial charge >= 0.3 is 0 Å². The smallest absolute Gasteiger partial charge is 0.212 e. The first-order chi connectivity index (χ1) is 21.0. The molecule has 0 aromatic heterocycles. The number of carbonyl (C=O) groups excluding carboxylic acids is 1. The highest BCUT2D eigenvalue weighted by Crippen LogP contribution is 2.30. The van der Waals surface area contributed by atoms with Gasteiger partial charge in [-0.05, 0) is 100 Å². The van der Waals surface area contributed by atoms with Crippen LogP contribution in [0.3, 0.4) is 0 Å². The summed E-state index contributed by atoms with van der Waals surface area (Å²) in [5.74, 6) is 1.60. The van der Waals surface area contributed by atoms with Crippen molar-refractivity contribution in [3.63, 3.8) is 0 Å². The molecule has 5 rings (SSSR count). The van der Waals surface area contributed by atoms with Gasteiger partial charge in [0.25, 0.3) is 0 Å². The summed E-state index contributed by atoms with van der Waals surface area (Å²) in [5.41, 5.74) is 4.49. The average molecular weight is 588 g/mol. The van der Waals surface area contributed by atoms with Gasteiger partial charge in [-0.15, -0.1) is 0 Å². The molecule has 0 aliphatic carbocycles. The van der Waals surface area contributed by atoms with Gasteiger partial charge in [-0.25, -0.2) is 5.01 Å². The van der Waals surface area contributed by atoms with E-state index in [0.29, 0.717) is 30.1 Å². The molecule has 232 valence electrons. The molecular formula is C34H49N7O2. The molecule has 2 atom stereocenters. The van der Waals surface area contributed by atoms with Crippen LogP contribution in [0.5, 0.6) is 0 Å². The van der Waals surface area contributed by atoms with E-state index in [1.807, 2.05) is 60.9 Å². The van der Waals surface area contributed by atoms with E-state index in [4.69, 9.17) is 4.74 Å². The Hall–Kier alpha value is -3.56. The minimum atomic E-state index is 0.335. The van der Waals surface area contributed by atoms with Gasteiger partial charge in [-0.3, -0.25) is 14.8 Å². The van der Waals surface area contributed by atoms with Crippen molar-refractivity contribution in [2.75, 3.05) is 37.9 Å². The number of aliphatic imine (C=N–C) groups is 1. The molecule has 43 heavy (non-hydrogen) atoms. The maximum absolute atomic E-state index is 11.3. The van der Waals surface area contributed by atoms with Crippen LogP contribution >= 0.6 is 0 Å². The number of allylic oxidation sites excluding steroid dienone is 3. The van der Waals surface area contributed by atoms with Gasteiger partial charge in [0.1, 0.15) is 5.82 Å². The molecule has 1 aromatic rings. The molecule has 9 nitrogen and oxygen atoms in total. The molecule has 1 N–H and O–H groups in total. The van der Waals surface area contributed by atoms with E-state index >= 15 is 0 Å². The zero-order valence-electron chi connectivity index (χ0n) is 26.2. The van der Waals surface area contributed by atoms with Crippen LogP contribution in [0.4, 0.5) is 5.69 Å². The van der Waals surface area contributed by atoms with E-state index in [0.717, 1.165) is 63.5 Å². The minimum Gasteiger partial charge on any atom is -0.381 e. The fourth-order valence-corrected chi connectivity index (χ4v) is 6.15. The van der Waals surface area contributed by atoms with Crippen LogP contribution in [0.1, 0.15) is 64.4 Å². The summed E-state index contributed by atoms with van der Waals surface area (Å²) in [7, 11) is 0. The van der Waals surface area contributed by atoms with Gasteiger partial charge < -0.3 is 15.0 Å². The number of fused-ring (bicyclic) bond motifs is 2. The third-order valence-corrected chi connectivity index (χ3v) is 8.67. The number of nitrogens with zero attached hydrogens (tertiary/aromatic N) is 6. The highest BCUT2D eigenvalue weighted by molar-refractivity contribution is 5.82. The van der Waals surface area contributed by atoms with E-state index in [2.05, 4.69) is 52.1 Å². The van der Waals surface area contributed by atoms with Crippen LogP contribution in [-0.4, -0.2) is 74.4 Å². The number of nitrogens with one attached hydrogen (secondary N) is 1. The second-order valence-corrected chi connectivity index (χ2v) is 11.7. The topological polar surface area (TPSA) is 85.1 Å². The Balaban J connectivity index is 0.000000269. The summed E-state index contributed by atoms with van der Waals surface area (Å²) in [5, 5.41) is 14.9. The summed E-state index contributed by atoms with van der Waals surface area (Å²) in [6.07, 6.45) is 18.6. The minimum absolute atomic E-state index is 0.335. The maximum Gasteiger partial charge on any atom is 0.212 e. The highest BCUT2D eigenvalue weighted by atomic mass is 16.5. The first kappa shape index (κ1) is 32.4. The SMILES string of the molecule is C=NN(/C(=C\C(C)C1CCN(C2CCCOCC2)CC1)NC=O)c1ccc(C)cc1.CCCC1=C2CN(C=CC=N2)N=C1.